The summed E-state index contributed by atoms with van der Waals surface area (Å²) in [7, 11) is 0. The van der Waals surface area contributed by atoms with Gasteiger partial charge in [0.2, 0.25) is 0 Å². The van der Waals surface area contributed by atoms with Gasteiger partial charge in [0.05, 0.1) is 22.5 Å². The molecule has 0 amide bonds. The Balaban J connectivity index is 2.41. The monoisotopic (exact) mass is 410 g/mol. The highest BCUT2D eigenvalue weighted by molar-refractivity contribution is 5.52. The minimum absolute atomic E-state index is 0.227. The second kappa shape index (κ2) is 7.90. The number of hydrogen-bond acceptors (Lipinski definition) is 2. The Morgan fingerprint density at radius 2 is 0.967 bits per heavy atom. The highest BCUT2D eigenvalue weighted by Gasteiger charge is 2.40. The summed E-state index contributed by atoms with van der Waals surface area (Å²) in [5.41, 5.74) is 2.15. The lowest BCUT2D eigenvalue weighted by molar-refractivity contribution is 0.102. The van der Waals surface area contributed by atoms with Crippen LogP contribution in [-0.4, -0.2) is 11.1 Å². The van der Waals surface area contributed by atoms with E-state index in [1.54, 1.807) is 0 Å². The zero-order valence-corrected chi connectivity index (χ0v) is 20.3. The fourth-order valence-electron chi connectivity index (χ4n) is 3.53. The van der Waals surface area contributed by atoms with Crippen LogP contribution in [0.15, 0.2) is 48.5 Å². The molecule has 2 radical (unpaired) electrons. The third kappa shape index (κ3) is 4.65. The molecule has 0 heterocycles. The predicted octanol–water partition coefficient (Wildman–Crippen LogP) is 6.84. The molecule has 0 N–H and O–H groups in total. The summed E-state index contributed by atoms with van der Waals surface area (Å²) < 4.78 is 0. The predicted molar refractivity (Wildman–Crippen MR) is 125 cm³/mol. The maximum Gasteiger partial charge on any atom is 0.0676 e. The quantitative estimate of drug-likeness (QED) is 0.506. The standard InChI is InChI=1S/C26H38N2O2/c1-23(2,3)27(29)21-16-14-19(15-17-21)25(7,8)26(9,10)20-12-11-13-22(18-20)28(30)24(4,5)6/h11-18H,1-10H3. The van der Waals surface area contributed by atoms with E-state index in [0.717, 1.165) is 21.3 Å². The molecule has 0 saturated carbocycles. The summed E-state index contributed by atoms with van der Waals surface area (Å²) >= 11 is 0. The van der Waals surface area contributed by atoms with Crippen LogP contribution >= 0.6 is 0 Å². The molecular formula is C26H38N2O2. The normalized spacial score (nSPS) is 13.3. The van der Waals surface area contributed by atoms with Crippen LogP contribution in [0, 0.1) is 0 Å². The second-order valence-corrected chi connectivity index (χ2v) is 11.3. The van der Waals surface area contributed by atoms with Gasteiger partial charge in [-0.2, -0.15) is 0 Å². The van der Waals surface area contributed by atoms with E-state index in [1.165, 1.54) is 0 Å². The largest absolute Gasteiger partial charge is 0.215 e. The molecule has 4 heteroatoms. The fraction of sp³-hybridized carbons (Fsp3) is 0.538. The van der Waals surface area contributed by atoms with E-state index in [9.17, 15) is 10.4 Å². The van der Waals surface area contributed by atoms with Crippen molar-refractivity contribution in [2.75, 3.05) is 10.1 Å². The van der Waals surface area contributed by atoms with E-state index in [-0.39, 0.29) is 10.8 Å². The minimum atomic E-state index is -0.495. The molecule has 2 rings (SSSR count). The van der Waals surface area contributed by atoms with Gasteiger partial charge in [0.25, 0.3) is 0 Å². The molecule has 0 aliphatic heterocycles. The van der Waals surface area contributed by atoms with Crippen LogP contribution in [0.2, 0.25) is 0 Å². The van der Waals surface area contributed by atoms with Crippen molar-refractivity contribution >= 4 is 11.4 Å². The van der Waals surface area contributed by atoms with Crippen LogP contribution < -0.4 is 10.1 Å². The highest BCUT2D eigenvalue weighted by Crippen LogP contribution is 2.45. The summed E-state index contributed by atoms with van der Waals surface area (Å²) in [6.07, 6.45) is 0. The van der Waals surface area contributed by atoms with E-state index < -0.39 is 11.1 Å². The Labute approximate surface area is 183 Å². The minimum Gasteiger partial charge on any atom is -0.215 e. The number of rotatable bonds is 5. The molecule has 0 atom stereocenters. The van der Waals surface area contributed by atoms with E-state index in [4.69, 9.17) is 0 Å². The molecule has 0 aromatic heterocycles. The Hall–Kier alpha value is -2.04. The number of hydrogen-bond donors (Lipinski definition) is 0. The van der Waals surface area contributed by atoms with Crippen molar-refractivity contribution in [3.05, 3.63) is 59.7 Å². The van der Waals surface area contributed by atoms with Gasteiger partial charge in [-0.3, -0.25) is 0 Å². The zero-order chi connectivity index (χ0) is 23.1. The third-order valence-electron chi connectivity index (χ3n) is 6.41. The van der Waals surface area contributed by atoms with Gasteiger partial charge < -0.3 is 0 Å². The first kappa shape index (κ1) is 24.2. The molecule has 0 aliphatic rings. The zero-order valence-electron chi connectivity index (χ0n) is 20.3. The topological polar surface area (TPSA) is 46.3 Å². The first-order valence-electron chi connectivity index (χ1n) is 10.7. The van der Waals surface area contributed by atoms with E-state index in [2.05, 4.69) is 33.8 Å². The lowest BCUT2D eigenvalue weighted by Crippen LogP contribution is -2.41. The van der Waals surface area contributed by atoms with Gasteiger partial charge >= 0.3 is 0 Å². The van der Waals surface area contributed by atoms with Gasteiger partial charge in [-0.05, 0) is 87.8 Å². The van der Waals surface area contributed by atoms with Crippen LogP contribution in [0.4, 0.5) is 11.4 Å². The fourth-order valence-corrected chi connectivity index (χ4v) is 3.53. The molecule has 0 fully saturated rings. The van der Waals surface area contributed by atoms with E-state index >= 15 is 0 Å². The lowest BCUT2D eigenvalue weighted by atomic mass is 9.61. The second-order valence-electron chi connectivity index (χ2n) is 11.3. The van der Waals surface area contributed by atoms with E-state index in [1.807, 2.05) is 84.0 Å². The number of hydroxylamine groups is 2. The van der Waals surface area contributed by atoms with Gasteiger partial charge in [-0.25, -0.2) is 10.1 Å². The SMILES string of the molecule is CC(C)(C)N([O])c1ccc(C(C)(C)C(C)(C)c2cccc(N([O])C(C)(C)C)c2)cc1. The summed E-state index contributed by atoms with van der Waals surface area (Å²) in [5.74, 6) is 0. The van der Waals surface area contributed by atoms with Crippen molar-refractivity contribution in [1.82, 2.24) is 0 Å². The van der Waals surface area contributed by atoms with Crippen LogP contribution in [0.1, 0.15) is 80.4 Å². The van der Waals surface area contributed by atoms with Crippen molar-refractivity contribution in [3.63, 3.8) is 0 Å². The molecule has 4 nitrogen and oxygen atoms in total. The Morgan fingerprint density at radius 3 is 1.43 bits per heavy atom. The molecule has 164 valence electrons. The molecule has 2 aromatic carbocycles. The van der Waals surface area contributed by atoms with Gasteiger partial charge in [-0.1, -0.05) is 62.4 Å². The lowest BCUT2D eigenvalue weighted by Gasteiger charge is -2.43. The summed E-state index contributed by atoms with van der Waals surface area (Å²) in [6.45, 7) is 20.3. The van der Waals surface area contributed by atoms with Crippen LogP contribution in [0.3, 0.4) is 0 Å². The third-order valence-corrected chi connectivity index (χ3v) is 6.41. The van der Waals surface area contributed by atoms with Crippen molar-refractivity contribution in [3.8, 4) is 0 Å². The van der Waals surface area contributed by atoms with Gasteiger partial charge in [0.15, 0.2) is 0 Å². The van der Waals surface area contributed by atoms with Crippen LogP contribution in [0.5, 0.6) is 0 Å². The smallest absolute Gasteiger partial charge is 0.0676 e. The average Bonchev–Trinajstić information content (AvgIpc) is 2.65. The highest BCUT2D eigenvalue weighted by atomic mass is 16.5. The molecule has 30 heavy (non-hydrogen) atoms. The van der Waals surface area contributed by atoms with Crippen molar-refractivity contribution in [1.29, 1.82) is 0 Å². The van der Waals surface area contributed by atoms with Crippen LogP contribution in [0.25, 0.3) is 0 Å². The first-order valence-corrected chi connectivity index (χ1v) is 10.7. The number of nitrogens with zero attached hydrogens (tertiary/aromatic N) is 2. The Kier molecular flexibility index (Phi) is 6.38. The van der Waals surface area contributed by atoms with Crippen molar-refractivity contribution in [2.24, 2.45) is 0 Å². The Morgan fingerprint density at radius 1 is 0.533 bits per heavy atom. The molecule has 2 aromatic rings. The van der Waals surface area contributed by atoms with E-state index in [0.29, 0.717) is 11.4 Å². The first-order chi connectivity index (χ1) is 13.5. The van der Waals surface area contributed by atoms with Gasteiger partial charge in [0, 0.05) is 0 Å². The molecule has 0 spiro atoms. The molecular weight excluding hydrogens is 372 g/mol. The average molecular weight is 411 g/mol. The van der Waals surface area contributed by atoms with Crippen molar-refractivity contribution < 1.29 is 10.4 Å². The van der Waals surface area contributed by atoms with Gasteiger partial charge in [0.1, 0.15) is 0 Å². The van der Waals surface area contributed by atoms with Gasteiger partial charge in [-0.15, -0.1) is 0 Å². The summed E-state index contributed by atoms with van der Waals surface area (Å²) in [5, 5.41) is 27.4. The number of anilines is 2. The summed E-state index contributed by atoms with van der Waals surface area (Å²) in [4.78, 5) is 0. The van der Waals surface area contributed by atoms with Crippen LogP contribution in [-0.2, 0) is 21.2 Å². The molecule has 0 unspecified atom stereocenters. The van der Waals surface area contributed by atoms with Crippen molar-refractivity contribution in [2.45, 2.75) is 91.1 Å². The summed E-state index contributed by atoms with van der Waals surface area (Å²) in [6, 6.07) is 15.8. The maximum atomic E-state index is 12.7. The molecule has 0 saturated heterocycles. The maximum absolute atomic E-state index is 12.7. The molecule has 0 bridgehead atoms. The molecule has 0 aliphatic carbocycles. The Bertz CT molecular complexity index is 856. The number of benzene rings is 2.